The summed E-state index contributed by atoms with van der Waals surface area (Å²) in [5.74, 6) is -1.56. The Hall–Kier alpha value is -0.710. The summed E-state index contributed by atoms with van der Waals surface area (Å²) in [6.07, 6.45) is 0.910. The number of hydrogen-bond donors (Lipinski definition) is 1. The number of rotatable bonds is 6. The van der Waals surface area contributed by atoms with Gasteiger partial charge in [0, 0.05) is 17.6 Å². The molecule has 0 fully saturated rings. The van der Waals surface area contributed by atoms with E-state index in [0.29, 0.717) is 28.6 Å². The maximum Gasteiger partial charge on any atom is 1.00 e. The monoisotopic (exact) mass is 359 g/mol. The van der Waals surface area contributed by atoms with Gasteiger partial charge in [-0.25, -0.2) is 0 Å². The topological polar surface area (TPSA) is 52.2 Å². The molecular weight excluding hydrogens is 344 g/mol. The third kappa shape index (κ3) is 5.40. The summed E-state index contributed by atoms with van der Waals surface area (Å²) in [4.78, 5) is 11.1. The van der Waals surface area contributed by atoms with Crippen LogP contribution in [0.5, 0.6) is 0 Å². The van der Waals surface area contributed by atoms with Crippen LogP contribution in [-0.2, 0) is 11.2 Å². The van der Waals surface area contributed by atoms with Crippen molar-refractivity contribution in [3.8, 4) is 0 Å². The van der Waals surface area contributed by atoms with E-state index >= 15 is 0 Å². The smallest absolute Gasteiger partial charge is 0.550 e. The van der Waals surface area contributed by atoms with Gasteiger partial charge in [0.25, 0.3) is 0 Å². The molecule has 0 spiro atoms. The first-order valence-corrected chi connectivity index (χ1v) is 7.78. The Morgan fingerprint density at radius 3 is 2.30 bits per heavy atom. The number of para-hydroxylation sites is 2. The summed E-state index contributed by atoms with van der Waals surface area (Å²) in [7, 11) is 0. The third-order valence-electron chi connectivity index (χ3n) is 3.53. The Balaban J connectivity index is 0.00000264. The van der Waals surface area contributed by atoms with Gasteiger partial charge in [-0.05, 0) is 36.6 Å². The molecule has 0 aliphatic carbocycles. The fraction of sp³-hybridized carbons (Fsp3) is 0.235. The molecule has 0 aliphatic heterocycles. The van der Waals surface area contributed by atoms with Crippen LogP contribution in [0.4, 0.5) is 11.4 Å². The van der Waals surface area contributed by atoms with E-state index in [1.807, 2.05) is 31.2 Å². The summed E-state index contributed by atoms with van der Waals surface area (Å²) in [5, 5.41) is 15.4. The normalized spacial score (nSPS) is 11.4. The van der Waals surface area contributed by atoms with Crippen LogP contribution in [0, 0.1) is 5.92 Å². The Morgan fingerprint density at radius 2 is 1.74 bits per heavy atom. The molecule has 0 heterocycles. The SMILES string of the molecule is CC[C@H](Cc1ccccc1Nc1c(Cl)cccc1Cl)C(=O)[O-].[Na+]. The fourth-order valence-corrected chi connectivity index (χ4v) is 2.72. The molecule has 116 valence electrons. The minimum Gasteiger partial charge on any atom is -0.550 e. The van der Waals surface area contributed by atoms with Crippen molar-refractivity contribution in [1.82, 2.24) is 0 Å². The van der Waals surface area contributed by atoms with Crippen molar-refractivity contribution < 1.29 is 39.5 Å². The Labute approximate surface area is 168 Å². The van der Waals surface area contributed by atoms with E-state index in [4.69, 9.17) is 23.2 Å². The number of carbonyl (C=O) groups is 1. The van der Waals surface area contributed by atoms with Crippen LogP contribution in [0.3, 0.4) is 0 Å². The average Bonchev–Trinajstić information content (AvgIpc) is 2.49. The maximum atomic E-state index is 11.1. The first-order valence-electron chi connectivity index (χ1n) is 7.02. The van der Waals surface area contributed by atoms with Gasteiger partial charge in [0.2, 0.25) is 0 Å². The second-order valence-corrected chi connectivity index (χ2v) is 5.82. The molecule has 0 bridgehead atoms. The van der Waals surface area contributed by atoms with Gasteiger partial charge in [-0.15, -0.1) is 0 Å². The molecule has 0 saturated heterocycles. The van der Waals surface area contributed by atoms with Gasteiger partial charge in [0.1, 0.15) is 0 Å². The summed E-state index contributed by atoms with van der Waals surface area (Å²) in [6.45, 7) is 1.83. The van der Waals surface area contributed by atoms with Gasteiger partial charge in [-0.1, -0.05) is 54.4 Å². The largest absolute Gasteiger partial charge is 1.00 e. The van der Waals surface area contributed by atoms with E-state index in [2.05, 4.69) is 5.32 Å². The minimum absolute atomic E-state index is 0. The number of halogens is 2. The third-order valence-corrected chi connectivity index (χ3v) is 4.16. The van der Waals surface area contributed by atoms with Crippen LogP contribution in [-0.4, -0.2) is 5.97 Å². The summed E-state index contributed by atoms with van der Waals surface area (Å²) >= 11 is 12.3. The van der Waals surface area contributed by atoms with E-state index in [1.165, 1.54) is 0 Å². The number of anilines is 2. The zero-order valence-corrected chi connectivity index (χ0v) is 16.6. The van der Waals surface area contributed by atoms with Crippen molar-refractivity contribution in [2.75, 3.05) is 5.32 Å². The number of carbonyl (C=O) groups excluding carboxylic acids is 1. The van der Waals surface area contributed by atoms with Crippen molar-refractivity contribution in [2.24, 2.45) is 5.92 Å². The zero-order valence-electron chi connectivity index (χ0n) is 13.1. The quantitative estimate of drug-likeness (QED) is 0.784. The maximum absolute atomic E-state index is 11.1. The molecule has 2 aromatic carbocycles. The molecule has 2 aromatic rings. The van der Waals surface area contributed by atoms with Crippen molar-refractivity contribution in [3.05, 3.63) is 58.1 Å². The molecule has 0 unspecified atom stereocenters. The molecule has 0 saturated carbocycles. The van der Waals surface area contributed by atoms with E-state index in [-0.39, 0.29) is 29.6 Å². The number of hydrogen-bond acceptors (Lipinski definition) is 3. The number of nitrogens with one attached hydrogen (secondary N) is 1. The molecule has 6 heteroatoms. The van der Waals surface area contributed by atoms with Gasteiger partial charge in [-0.3, -0.25) is 0 Å². The van der Waals surface area contributed by atoms with E-state index in [9.17, 15) is 9.90 Å². The van der Waals surface area contributed by atoms with Gasteiger partial charge < -0.3 is 15.2 Å². The van der Waals surface area contributed by atoms with Gasteiger partial charge >= 0.3 is 29.6 Å². The number of carboxylic acids is 1. The first-order chi connectivity index (χ1) is 10.5. The molecule has 0 aliphatic rings. The summed E-state index contributed by atoms with van der Waals surface area (Å²) in [5.41, 5.74) is 2.28. The number of aliphatic carboxylic acids is 1. The molecule has 1 N–H and O–H groups in total. The molecule has 0 amide bonds. The fourth-order valence-electron chi connectivity index (χ4n) is 2.23. The van der Waals surface area contributed by atoms with Crippen molar-refractivity contribution in [1.29, 1.82) is 0 Å². The predicted molar refractivity (Wildman–Crippen MR) is 88.7 cm³/mol. The minimum atomic E-state index is -1.03. The molecule has 23 heavy (non-hydrogen) atoms. The molecule has 3 nitrogen and oxygen atoms in total. The standard InChI is InChI=1S/C17H17Cl2NO2.Na/c1-2-11(17(21)22)10-12-6-3-4-9-15(12)20-16-13(18)7-5-8-14(16)19;/h3-9,11,20H,2,10H2,1H3,(H,21,22);/q;+1/p-1/t11-;/m1./s1. The van der Waals surface area contributed by atoms with Crippen molar-refractivity contribution in [2.45, 2.75) is 19.8 Å². The Morgan fingerprint density at radius 1 is 1.13 bits per heavy atom. The summed E-state index contributed by atoms with van der Waals surface area (Å²) in [6, 6.07) is 12.8. The van der Waals surface area contributed by atoms with E-state index in [0.717, 1.165) is 11.3 Å². The van der Waals surface area contributed by atoms with Crippen molar-refractivity contribution >= 4 is 40.5 Å². The van der Waals surface area contributed by atoms with Crippen LogP contribution in [0.25, 0.3) is 0 Å². The molecule has 2 rings (SSSR count). The Kier molecular flexibility index (Phi) is 8.45. The molecule has 0 radical (unpaired) electrons. The number of carboxylic acid groups (broad SMARTS) is 1. The van der Waals surface area contributed by atoms with Crippen LogP contribution in [0.1, 0.15) is 18.9 Å². The summed E-state index contributed by atoms with van der Waals surface area (Å²) < 4.78 is 0. The second kappa shape index (κ2) is 9.55. The van der Waals surface area contributed by atoms with Gasteiger partial charge in [-0.2, -0.15) is 0 Å². The second-order valence-electron chi connectivity index (χ2n) is 5.01. The van der Waals surface area contributed by atoms with Gasteiger partial charge in [0.05, 0.1) is 15.7 Å². The van der Waals surface area contributed by atoms with Crippen molar-refractivity contribution in [3.63, 3.8) is 0 Å². The predicted octanol–water partition coefficient (Wildman–Crippen LogP) is 1.06. The van der Waals surface area contributed by atoms with E-state index < -0.39 is 11.9 Å². The number of benzene rings is 2. The molecule has 1 atom stereocenters. The zero-order chi connectivity index (χ0) is 16.1. The van der Waals surface area contributed by atoms with Crippen LogP contribution >= 0.6 is 23.2 Å². The molecule has 0 aromatic heterocycles. The Bertz CT molecular complexity index is 659. The molecular formula is C17H16Cl2NNaO2. The van der Waals surface area contributed by atoms with Gasteiger partial charge in [0.15, 0.2) is 0 Å². The van der Waals surface area contributed by atoms with Crippen LogP contribution in [0.2, 0.25) is 10.0 Å². The average molecular weight is 360 g/mol. The first kappa shape index (κ1) is 20.3. The van der Waals surface area contributed by atoms with Crippen LogP contribution < -0.4 is 40.0 Å². The van der Waals surface area contributed by atoms with Crippen LogP contribution in [0.15, 0.2) is 42.5 Å². The van der Waals surface area contributed by atoms with E-state index in [1.54, 1.807) is 18.2 Å².